The maximum atomic E-state index is 11.7. The summed E-state index contributed by atoms with van der Waals surface area (Å²) in [7, 11) is 0. The zero-order chi connectivity index (χ0) is 19.1. The Morgan fingerprint density at radius 3 is 2.58 bits per heavy atom. The van der Waals surface area contributed by atoms with E-state index >= 15 is 0 Å². The summed E-state index contributed by atoms with van der Waals surface area (Å²) in [6.45, 7) is 1.57. The fraction of sp³-hybridized carbons (Fsp3) is 0.588. The van der Waals surface area contributed by atoms with Gasteiger partial charge in [-0.2, -0.15) is 0 Å². The number of hydrogen-bond donors (Lipinski definition) is 5. The number of aliphatic hydroxyl groups is 3. The number of carbonyl (C=O) groups is 1. The molecule has 9 nitrogen and oxygen atoms in total. The van der Waals surface area contributed by atoms with Crippen LogP contribution in [0.15, 0.2) is 24.3 Å². The Kier molecular flexibility index (Phi) is 7.61. The van der Waals surface area contributed by atoms with Crippen LogP contribution in [0.1, 0.15) is 13.3 Å². The number of nitrogens with two attached hydrogens (primary N) is 1. The maximum Gasteiger partial charge on any atom is 0.246 e. The van der Waals surface area contributed by atoms with Crippen LogP contribution in [0, 0.1) is 0 Å². The fourth-order valence-electron chi connectivity index (χ4n) is 2.52. The monoisotopic (exact) mass is 370 g/mol. The largest absolute Gasteiger partial charge is 0.462 e. The van der Waals surface area contributed by atoms with Crippen molar-refractivity contribution in [2.24, 2.45) is 0 Å². The smallest absolute Gasteiger partial charge is 0.246 e. The van der Waals surface area contributed by atoms with Crippen LogP contribution in [0.25, 0.3) is 0 Å². The Labute approximate surface area is 151 Å². The van der Waals surface area contributed by atoms with Gasteiger partial charge in [-0.1, -0.05) is 6.92 Å². The van der Waals surface area contributed by atoms with Crippen LogP contribution in [-0.2, 0) is 14.3 Å². The predicted molar refractivity (Wildman–Crippen MR) is 92.3 cm³/mol. The van der Waals surface area contributed by atoms with E-state index < -0.39 is 37.3 Å². The van der Waals surface area contributed by atoms with Crippen molar-refractivity contribution >= 4 is 11.6 Å². The van der Waals surface area contributed by atoms with Crippen molar-refractivity contribution in [3.63, 3.8) is 0 Å². The summed E-state index contributed by atoms with van der Waals surface area (Å²) in [5.74, 6) is 0.0186. The first kappa shape index (κ1) is 20.4. The fourth-order valence-corrected chi connectivity index (χ4v) is 2.52. The number of hydrogen-bond acceptors (Lipinski definition) is 8. The van der Waals surface area contributed by atoms with Gasteiger partial charge < -0.3 is 40.6 Å². The molecule has 0 spiro atoms. The Bertz CT molecular complexity index is 569. The normalized spacial score (nSPS) is 28.5. The lowest BCUT2D eigenvalue weighted by atomic mass is 9.99. The second kappa shape index (κ2) is 9.70. The molecule has 6 N–H and O–H groups in total. The molecule has 1 aromatic rings. The highest BCUT2D eigenvalue weighted by atomic mass is 16.7. The molecule has 0 aliphatic carbocycles. The van der Waals surface area contributed by atoms with Crippen molar-refractivity contribution in [3.05, 3.63) is 24.3 Å². The van der Waals surface area contributed by atoms with Crippen LogP contribution in [0.5, 0.6) is 5.75 Å². The summed E-state index contributed by atoms with van der Waals surface area (Å²) in [5.41, 5.74) is 6.16. The second-order valence-corrected chi connectivity index (χ2v) is 6.02. The SMILES string of the molecule is CCCNC(=O)COC1C(O)C(CO)OC(Oc2ccc(N)cc2)C1O. The first-order valence-electron chi connectivity index (χ1n) is 8.49. The molecule has 0 saturated carbocycles. The van der Waals surface area contributed by atoms with E-state index in [0.717, 1.165) is 6.42 Å². The minimum absolute atomic E-state index is 0.342. The summed E-state index contributed by atoms with van der Waals surface area (Å²) in [6.07, 6.45) is -5.29. The summed E-state index contributed by atoms with van der Waals surface area (Å²) in [4.78, 5) is 11.7. The third kappa shape index (κ3) is 5.29. The van der Waals surface area contributed by atoms with E-state index in [-0.39, 0.29) is 12.5 Å². The highest BCUT2D eigenvalue weighted by molar-refractivity contribution is 5.77. The van der Waals surface area contributed by atoms with Gasteiger partial charge in [-0.05, 0) is 30.7 Å². The molecule has 1 aliphatic rings. The summed E-state index contributed by atoms with van der Waals surface area (Å²) in [6, 6.07) is 6.43. The summed E-state index contributed by atoms with van der Waals surface area (Å²) in [5, 5.41) is 32.7. The number of aliphatic hydroxyl groups excluding tert-OH is 3. The van der Waals surface area contributed by atoms with Gasteiger partial charge in [0.2, 0.25) is 12.2 Å². The molecular weight excluding hydrogens is 344 g/mol. The Hall–Kier alpha value is -1.91. The molecule has 2 rings (SSSR count). The first-order chi connectivity index (χ1) is 12.5. The lowest BCUT2D eigenvalue weighted by Gasteiger charge is -2.41. The molecule has 1 aromatic carbocycles. The Morgan fingerprint density at radius 2 is 1.96 bits per heavy atom. The molecule has 0 radical (unpaired) electrons. The van der Waals surface area contributed by atoms with Crippen LogP contribution in [0.3, 0.4) is 0 Å². The zero-order valence-corrected chi connectivity index (χ0v) is 14.6. The van der Waals surface area contributed by atoms with Gasteiger partial charge in [-0.15, -0.1) is 0 Å². The molecule has 1 saturated heterocycles. The number of rotatable bonds is 8. The van der Waals surface area contributed by atoms with Crippen LogP contribution < -0.4 is 15.8 Å². The van der Waals surface area contributed by atoms with Gasteiger partial charge in [-0.3, -0.25) is 4.79 Å². The van der Waals surface area contributed by atoms with Gasteiger partial charge in [-0.25, -0.2) is 0 Å². The van der Waals surface area contributed by atoms with Crippen LogP contribution in [0.4, 0.5) is 5.69 Å². The van der Waals surface area contributed by atoms with E-state index in [4.69, 9.17) is 19.9 Å². The molecule has 146 valence electrons. The lowest BCUT2D eigenvalue weighted by Crippen LogP contribution is -2.61. The quantitative estimate of drug-likeness (QED) is 0.367. The van der Waals surface area contributed by atoms with Gasteiger partial charge in [0.05, 0.1) is 6.61 Å². The first-order valence-corrected chi connectivity index (χ1v) is 8.49. The van der Waals surface area contributed by atoms with Crippen molar-refractivity contribution < 1.29 is 34.3 Å². The molecule has 1 aliphatic heterocycles. The number of ether oxygens (including phenoxy) is 3. The van der Waals surface area contributed by atoms with Crippen LogP contribution in [-0.4, -0.2) is 71.7 Å². The number of nitrogen functional groups attached to an aromatic ring is 1. The average molecular weight is 370 g/mol. The average Bonchev–Trinajstić information content (AvgIpc) is 2.63. The number of anilines is 1. The minimum Gasteiger partial charge on any atom is -0.462 e. The highest BCUT2D eigenvalue weighted by Gasteiger charge is 2.46. The Balaban J connectivity index is 2.03. The Morgan fingerprint density at radius 1 is 1.27 bits per heavy atom. The van der Waals surface area contributed by atoms with Gasteiger partial charge in [0, 0.05) is 12.2 Å². The van der Waals surface area contributed by atoms with Gasteiger partial charge >= 0.3 is 0 Å². The number of carbonyl (C=O) groups excluding carboxylic acids is 1. The molecule has 1 fully saturated rings. The molecule has 5 atom stereocenters. The number of benzene rings is 1. The van der Waals surface area contributed by atoms with Crippen molar-refractivity contribution in [1.29, 1.82) is 0 Å². The molecule has 26 heavy (non-hydrogen) atoms. The number of amides is 1. The molecule has 1 heterocycles. The predicted octanol–water partition coefficient (Wildman–Crippen LogP) is -1.00. The van der Waals surface area contributed by atoms with E-state index in [1.165, 1.54) is 0 Å². The van der Waals surface area contributed by atoms with Crippen molar-refractivity contribution in [3.8, 4) is 5.75 Å². The standard InChI is InChI=1S/C17H26N2O7/c1-2-7-19-13(21)9-24-16-14(22)12(8-20)26-17(15(16)23)25-11-5-3-10(18)4-6-11/h3-6,12,14-17,20,22-23H,2,7-9,18H2,1H3,(H,19,21). The minimum atomic E-state index is -1.37. The van der Waals surface area contributed by atoms with E-state index in [1.807, 2.05) is 6.92 Å². The van der Waals surface area contributed by atoms with Crippen LogP contribution in [0.2, 0.25) is 0 Å². The number of nitrogens with one attached hydrogen (secondary N) is 1. The molecule has 0 aromatic heterocycles. The van der Waals surface area contributed by atoms with Crippen molar-refractivity contribution in [2.75, 3.05) is 25.5 Å². The molecule has 5 unspecified atom stereocenters. The topological polar surface area (TPSA) is 144 Å². The molecule has 1 amide bonds. The van der Waals surface area contributed by atoms with Crippen LogP contribution >= 0.6 is 0 Å². The summed E-state index contributed by atoms with van der Waals surface area (Å²) >= 11 is 0. The van der Waals surface area contributed by atoms with Crippen molar-refractivity contribution in [2.45, 2.75) is 44.1 Å². The van der Waals surface area contributed by atoms with E-state index in [1.54, 1.807) is 24.3 Å². The van der Waals surface area contributed by atoms with Crippen molar-refractivity contribution in [1.82, 2.24) is 5.32 Å². The second-order valence-electron chi connectivity index (χ2n) is 6.02. The third-order valence-electron chi connectivity index (χ3n) is 3.93. The lowest BCUT2D eigenvalue weighted by molar-refractivity contribution is -0.284. The van der Waals surface area contributed by atoms with E-state index in [9.17, 15) is 20.1 Å². The molecule has 0 bridgehead atoms. The highest BCUT2D eigenvalue weighted by Crippen LogP contribution is 2.26. The zero-order valence-electron chi connectivity index (χ0n) is 14.6. The maximum absolute atomic E-state index is 11.7. The van der Waals surface area contributed by atoms with E-state index in [0.29, 0.717) is 18.0 Å². The molecule has 9 heteroatoms. The van der Waals surface area contributed by atoms with Gasteiger partial charge in [0.25, 0.3) is 0 Å². The third-order valence-corrected chi connectivity index (χ3v) is 3.93. The summed E-state index contributed by atoms with van der Waals surface area (Å²) < 4.78 is 16.4. The van der Waals surface area contributed by atoms with Gasteiger partial charge in [0.15, 0.2) is 0 Å². The van der Waals surface area contributed by atoms with E-state index in [2.05, 4.69) is 5.32 Å². The van der Waals surface area contributed by atoms with Gasteiger partial charge in [0.1, 0.15) is 36.8 Å². The molecular formula is C17H26N2O7.